The van der Waals surface area contributed by atoms with Crippen molar-refractivity contribution in [2.75, 3.05) is 5.75 Å². The third-order valence-corrected chi connectivity index (χ3v) is 3.95. The Balaban J connectivity index is 1.91. The summed E-state index contributed by atoms with van der Waals surface area (Å²) < 4.78 is 0. The fourth-order valence-electron chi connectivity index (χ4n) is 1.70. The van der Waals surface area contributed by atoms with E-state index in [2.05, 4.69) is 6.92 Å². The van der Waals surface area contributed by atoms with Gasteiger partial charge in [0.05, 0.1) is 0 Å². The summed E-state index contributed by atoms with van der Waals surface area (Å²) in [4.78, 5) is 11.0. The molecule has 0 amide bonds. The molecule has 0 bridgehead atoms. The van der Waals surface area contributed by atoms with Crippen LogP contribution in [-0.2, 0) is 4.79 Å². The highest BCUT2D eigenvalue weighted by atomic mass is 32.2. The Hall–Kier alpha value is 0.0200. The normalized spacial score (nSPS) is 22.5. The summed E-state index contributed by atoms with van der Waals surface area (Å²) in [6.07, 6.45) is 8.20. The lowest BCUT2D eigenvalue weighted by Crippen LogP contribution is -1.97. The van der Waals surface area contributed by atoms with Crippen molar-refractivity contribution in [2.45, 2.75) is 57.1 Å². The molecule has 1 aliphatic carbocycles. The fraction of sp³-hybridized carbons (Fsp3) is 0.909. The van der Waals surface area contributed by atoms with Gasteiger partial charge in [-0.2, -0.15) is 11.8 Å². The predicted octanol–water partition coefficient (Wildman–Crippen LogP) is 3.42. The van der Waals surface area contributed by atoms with E-state index in [9.17, 15) is 4.79 Å². The molecule has 1 rings (SSSR count). The van der Waals surface area contributed by atoms with Crippen molar-refractivity contribution in [1.82, 2.24) is 0 Å². The molecule has 0 spiro atoms. The first kappa shape index (κ1) is 11.1. The summed E-state index contributed by atoms with van der Waals surface area (Å²) in [6.45, 7) is 2.24. The molecule has 1 unspecified atom stereocenters. The van der Waals surface area contributed by atoms with Gasteiger partial charge in [0.2, 0.25) is 0 Å². The molecule has 1 saturated carbocycles. The predicted molar refractivity (Wildman–Crippen MR) is 59.2 cm³/mol. The Bertz CT molecular complexity index is 156. The number of carbonyl (C=O) groups is 1. The summed E-state index contributed by atoms with van der Waals surface area (Å²) in [6, 6.07) is 0. The minimum Gasteiger partial charge on any atom is -0.300 e. The number of carbonyl (C=O) groups excluding carboxylic acids is 1. The Morgan fingerprint density at radius 1 is 1.38 bits per heavy atom. The van der Waals surface area contributed by atoms with Crippen LogP contribution in [0.2, 0.25) is 0 Å². The van der Waals surface area contributed by atoms with E-state index >= 15 is 0 Å². The van der Waals surface area contributed by atoms with E-state index < -0.39 is 0 Å². The molecule has 1 fully saturated rings. The first-order chi connectivity index (χ1) is 6.33. The van der Waals surface area contributed by atoms with Crippen LogP contribution >= 0.6 is 11.8 Å². The largest absolute Gasteiger partial charge is 0.300 e. The molecule has 0 aromatic carbocycles. The summed E-state index contributed by atoms with van der Waals surface area (Å²) in [5.74, 6) is 1.74. The number of Topliss-reactive ketones (excluding diaryl/α,β-unsaturated/α-hetero) is 1. The smallest absolute Gasteiger partial charge is 0.134 e. The van der Waals surface area contributed by atoms with Crippen LogP contribution in [0.15, 0.2) is 0 Å². The number of rotatable bonds is 6. The zero-order valence-electron chi connectivity index (χ0n) is 8.55. The number of hydrogen-bond acceptors (Lipinski definition) is 2. The molecule has 76 valence electrons. The summed E-state index contributed by atoms with van der Waals surface area (Å²) in [5.41, 5.74) is 0. The van der Waals surface area contributed by atoms with Gasteiger partial charge in [-0.1, -0.05) is 26.2 Å². The Morgan fingerprint density at radius 3 is 2.85 bits per heavy atom. The van der Waals surface area contributed by atoms with Crippen molar-refractivity contribution in [3.63, 3.8) is 0 Å². The van der Waals surface area contributed by atoms with Gasteiger partial charge in [-0.25, -0.2) is 0 Å². The number of unbranched alkanes of at least 4 members (excludes halogenated alkanes) is 3. The maximum Gasteiger partial charge on any atom is 0.134 e. The van der Waals surface area contributed by atoms with Crippen LogP contribution in [0.25, 0.3) is 0 Å². The summed E-state index contributed by atoms with van der Waals surface area (Å²) in [7, 11) is 0. The van der Waals surface area contributed by atoms with Gasteiger partial charge in [-0.3, -0.25) is 4.79 Å². The lowest BCUT2D eigenvalue weighted by molar-refractivity contribution is -0.117. The quantitative estimate of drug-likeness (QED) is 0.611. The molecule has 1 nitrogen and oxygen atoms in total. The van der Waals surface area contributed by atoms with E-state index in [0.29, 0.717) is 11.0 Å². The van der Waals surface area contributed by atoms with Gasteiger partial charge in [0.1, 0.15) is 5.78 Å². The second-order valence-corrected chi connectivity index (χ2v) is 5.24. The van der Waals surface area contributed by atoms with Crippen molar-refractivity contribution in [2.24, 2.45) is 0 Å². The van der Waals surface area contributed by atoms with E-state index in [1.54, 1.807) is 0 Å². The molecule has 13 heavy (non-hydrogen) atoms. The molecular weight excluding hydrogens is 180 g/mol. The maximum atomic E-state index is 11.0. The minimum atomic E-state index is 0.478. The van der Waals surface area contributed by atoms with Crippen molar-refractivity contribution < 1.29 is 4.79 Å². The molecule has 0 aliphatic heterocycles. The number of ketones is 1. The number of hydrogen-bond donors (Lipinski definition) is 0. The molecule has 0 heterocycles. The standard InChI is InChI=1S/C11H20OS/c1-2-3-4-5-8-13-11-7-6-10(12)9-11/h11H,2-9H2,1H3. The van der Waals surface area contributed by atoms with Crippen LogP contribution in [-0.4, -0.2) is 16.8 Å². The van der Waals surface area contributed by atoms with E-state index in [1.165, 1.54) is 31.4 Å². The van der Waals surface area contributed by atoms with Gasteiger partial charge in [-0.15, -0.1) is 0 Å². The fourth-order valence-corrected chi connectivity index (χ4v) is 2.99. The Kier molecular flexibility index (Phi) is 5.52. The first-order valence-corrected chi connectivity index (χ1v) is 6.51. The van der Waals surface area contributed by atoms with Gasteiger partial charge in [0.15, 0.2) is 0 Å². The van der Waals surface area contributed by atoms with E-state index in [-0.39, 0.29) is 0 Å². The monoisotopic (exact) mass is 200 g/mol. The minimum absolute atomic E-state index is 0.478. The van der Waals surface area contributed by atoms with Crippen LogP contribution in [0.4, 0.5) is 0 Å². The lowest BCUT2D eigenvalue weighted by atomic mass is 10.2. The van der Waals surface area contributed by atoms with Crippen LogP contribution in [0.1, 0.15) is 51.9 Å². The van der Waals surface area contributed by atoms with E-state index in [4.69, 9.17) is 0 Å². The molecule has 2 heteroatoms. The number of thioether (sulfide) groups is 1. The molecule has 0 aromatic rings. The third-order valence-electron chi connectivity index (χ3n) is 2.55. The van der Waals surface area contributed by atoms with Gasteiger partial charge in [0, 0.05) is 18.1 Å². The van der Waals surface area contributed by atoms with Crippen molar-refractivity contribution in [3.8, 4) is 0 Å². The Labute approximate surface area is 85.7 Å². The highest BCUT2D eigenvalue weighted by Gasteiger charge is 2.21. The van der Waals surface area contributed by atoms with Crippen LogP contribution in [0.5, 0.6) is 0 Å². The average molecular weight is 200 g/mol. The first-order valence-electron chi connectivity index (χ1n) is 5.46. The highest BCUT2D eigenvalue weighted by Crippen LogP contribution is 2.27. The van der Waals surface area contributed by atoms with Crippen LogP contribution < -0.4 is 0 Å². The highest BCUT2D eigenvalue weighted by molar-refractivity contribution is 7.99. The third kappa shape index (κ3) is 4.70. The summed E-state index contributed by atoms with van der Waals surface area (Å²) in [5, 5.41) is 0.661. The van der Waals surface area contributed by atoms with Crippen molar-refractivity contribution in [3.05, 3.63) is 0 Å². The van der Waals surface area contributed by atoms with Crippen LogP contribution in [0, 0.1) is 0 Å². The molecule has 0 aromatic heterocycles. The van der Waals surface area contributed by atoms with Gasteiger partial charge in [0.25, 0.3) is 0 Å². The zero-order chi connectivity index (χ0) is 9.52. The van der Waals surface area contributed by atoms with Crippen molar-refractivity contribution >= 4 is 17.5 Å². The zero-order valence-corrected chi connectivity index (χ0v) is 9.37. The lowest BCUT2D eigenvalue weighted by Gasteiger charge is -2.06. The second-order valence-electron chi connectivity index (χ2n) is 3.83. The molecular formula is C11H20OS. The molecule has 0 saturated heterocycles. The molecule has 0 radical (unpaired) electrons. The average Bonchev–Trinajstić information content (AvgIpc) is 2.51. The SMILES string of the molecule is CCCCCCSC1CCC(=O)C1. The second kappa shape index (κ2) is 6.47. The van der Waals surface area contributed by atoms with Crippen LogP contribution in [0.3, 0.4) is 0 Å². The van der Waals surface area contributed by atoms with Crippen molar-refractivity contribution in [1.29, 1.82) is 0 Å². The van der Waals surface area contributed by atoms with Gasteiger partial charge >= 0.3 is 0 Å². The molecule has 0 N–H and O–H groups in total. The van der Waals surface area contributed by atoms with E-state index in [0.717, 1.165) is 19.3 Å². The Morgan fingerprint density at radius 2 is 2.23 bits per heavy atom. The molecule has 1 atom stereocenters. The maximum absolute atomic E-state index is 11.0. The topological polar surface area (TPSA) is 17.1 Å². The summed E-state index contributed by atoms with van der Waals surface area (Å²) >= 11 is 2.02. The molecule has 1 aliphatic rings. The van der Waals surface area contributed by atoms with Gasteiger partial charge in [-0.05, 0) is 18.6 Å². The van der Waals surface area contributed by atoms with E-state index in [1.807, 2.05) is 11.8 Å². The van der Waals surface area contributed by atoms with Gasteiger partial charge < -0.3 is 0 Å².